The van der Waals surface area contributed by atoms with Crippen LogP contribution < -0.4 is 9.54 Å². The predicted octanol–water partition coefficient (Wildman–Crippen LogP) is 4.52. The molecule has 0 saturated carbocycles. The Morgan fingerprint density at radius 2 is 2.07 bits per heavy atom. The van der Waals surface area contributed by atoms with E-state index in [0.29, 0.717) is 16.9 Å². The molecule has 1 aliphatic carbocycles. The van der Waals surface area contributed by atoms with Crippen LogP contribution in [0.3, 0.4) is 0 Å². The topological polar surface area (TPSA) is 43.6 Å². The maximum absolute atomic E-state index is 12.9. The molecule has 0 atom stereocenters. The lowest BCUT2D eigenvalue weighted by Crippen LogP contribution is -2.17. The molecule has 5 heteroatoms. The number of amides is 1. The number of thiazole rings is 1. The first-order valence-electron chi connectivity index (χ1n) is 9.19. The third kappa shape index (κ3) is 3.35. The number of hydrogen-bond acceptors (Lipinski definition) is 3. The molecule has 0 spiro atoms. The van der Waals surface area contributed by atoms with Gasteiger partial charge in [0.2, 0.25) is 0 Å². The van der Waals surface area contributed by atoms with Gasteiger partial charge in [0.05, 0.1) is 11.8 Å². The number of para-hydroxylation sites is 1. The van der Waals surface area contributed by atoms with Crippen LogP contribution in [0.5, 0.6) is 5.75 Å². The second kappa shape index (κ2) is 7.53. The van der Waals surface area contributed by atoms with E-state index >= 15 is 0 Å². The molecule has 0 N–H and O–H groups in total. The smallest absolute Gasteiger partial charge is 0.279 e. The fourth-order valence-corrected chi connectivity index (χ4v) is 4.72. The van der Waals surface area contributed by atoms with Crippen LogP contribution in [0.1, 0.15) is 34.3 Å². The number of ether oxygens (including phenoxy) is 1. The third-order valence-electron chi connectivity index (χ3n) is 4.99. The average Bonchev–Trinajstić information content (AvgIpc) is 3.05. The van der Waals surface area contributed by atoms with Crippen LogP contribution in [-0.4, -0.2) is 17.6 Å². The van der Waals surface area contributed by atoms with E-state index in [2.05, 4.69) is 17.6 Å². The van der Waals surface area contributed by atoms with E-state index in [-0.39, 0.29) is 5.91 Å². The number of carbonyl (C=O) groups is 1. The number of benzene rings is 2. The predicted molar refractivity (Wildman–Crippen MR) is 110 cm³/mol. The van der Waals surface area contributed by atoms with Crippen LogP contribution in [-0.2, 0) is 19.4 Å². The first-order chi connectivity index (χ1) is 13.2. The second-order valence-corrected chi connectivity index (χ2v) is 7.71. The molecule has 0 aliphatic heterocycles. The van der Waals surface area contributed by atoms with Crippen LogP contribution in [0.25, 0.3) is 10.2 Å². The summed E-state index contributed by atoms with van der Waals surface area (Å²) in [4.78, 5) is 18.0. The van der Waals surface area contributed by atoms with E-state index < -0.39 is 0 Å². The molecular formula is C22H22N2O2S. The molecule has 1 aromatic heterocycles. The molecule has 1 aliphatic rings. The fourth-order valence-electron chi connectivity index (χ4n) is 3.66. The minimum Gasteiger partial charge on any atom is -0.495 e. The number of allylic oxidation sites excluding steroid dienone is 1. The largest absolute Gasteiger partial charge is 0.495 e. The molecule has 0 bridgehead atoms. The number of carbonyl (C=O) groups excluding carboxylic acids is 1. The van der Waals surface area contributed by atoms with Gasteiger partial charge in [-0.25, -0.2) is 0 Å². The molecule has 0 radical (unpaired) electrons. The maximum Gasteiger partial charge on any atom is 0.279 e. The van der Waals surface area contributed by atoms with E-state index in [1.54, 1.807) is 13.2 Å². The van der Waals surface area contributed by atoms with E-state index in [9.17, 15) is 4.79 Å². The van der Waals surface area contributed by atoms with E-state index in [4.69, 9.17) is 4.74 Å². The van der Waals surface area contributed by atoms with Crippen molar-refractivity contribution in [1.82, 2.24) is 4.57 Å². The van der Waals surface area contributed by atoms with Gasteiger partial charge < -0.3 is 9.30 Å². The lowest BCUT2D eigenvalue weighted by molar-refractivity contribution is 0.0997. The van der Waals surface area contributed by atoms with Gasteiger partial charge in [0, 0.05) is 12.1 Å². The molecule has 0 unspecified atom stereocenters. The SMILES string of the molecule is C=CCn1c(=NC(=O)c2ccc3c(c2)CCCC3)sc2cccc(OC)c21. The third-order valence-corrected chi connectivity index (χ3v) is 6.03. The van der Waals surface area contributed by atoms with E-state index in [1.807, 2.05) is 34.9 Å². The van der Waals surface area contributed by atoms with Crippen molar-refractivity contribution in [2.24, 2.45) is 4.99 Å². The molecule has 0 saturated heterocycles. The Labute approximate surface area is 162 Å². The standard InChI is InChI=1S/C22H22N2O2S/c1-3-13-24-20-18(26-2)9-6-10-19(20)27-22(24)23-21(25)17-12-11-15-7-4-5-8-16(15)14-17/h3,6,9-12,14H,1,4-5,7-8,13H2,2H3. The Hall–Kier alpha value is -2.66. The Morgan fingerprint density at radius 3 is 2.85 bits per heavy atom. The highest BCUT2D eigenvalue weighted by atomic mass is 32.1. The normalized spacial score (nSPS) is 14.2. The summed E-state index contributed by atoms with van der Waals surface area (Å²) in [6, 6.07) is 11.9. The van der Waals surface area contributed by atoms with Gasteiger partial charge in [-0.15, -0.1) is 6.58 Å². The second-order valence-electron chi connectivity index (χ2n) is 6.70. The number of fused-ring (bicyclic) bond motifs is 2. The Bertz CT molecular complexity index is 1090. The zero-order valence-corrected chi connectivity index (χ0v) is 16.2. The molecule has 2 aromatic carbocycles. The average molecular weight is 378 g/mol. The molecule has 3 aromatic rings. The summed E-state index contributed by atoms with van der Waals surface area (Å²) in [7, 11) is 1.65. The molecule has 0 fully saturated rings. The molecule has 27 heavy (non-hydrogen) atoms. The van der Waals surface area contributed by atoms with Crippen molar-refractivity contribution in [2.45, 2.75) is 32.2 Å². The van der Waals surface area contributed by atoms with Crippen LogP contribution >= 0.6 is 11.3 Å². The number of hydrogen-bond donors (Lipinski definition) is 0. The summed E-state index contributed by atoms with van der Waals surface area (Å²) >= 11 is 1.49. The summed E-state index contributed by atoms with van der Waals surface area (Å²) in [5, 5.41) is 0. The summed E-state index contributed by atoms with van der Waals surface area (Å²) in [6.45, 7) is 4.41. The number of rotatable bonds is 4. The maximum atomic E-state index is 12.9. The van der Waals surface area contributed by atoms with Crippen LogP contribution in [0.4, 0.5) is 0 Å². The molecule has 4 nitrogen and oxygen atoms in total. The van der Waals surface area contributed by atoms with Gasteiger partial charge in [-0.2, -0.15) is 4.99 Å². The highest BCUT2D eigenvalue weighted by Gasteiger charge is 2.14. The Balaban J connectivity index is 1.81. The Kier molecular flexibility index (Phi) is 4.94. The number of methoxy groups -OCH3 is 1. The van der Waals surface area contributed by atoms with Crippen LogP contribution in [0, 0.1) is 0 Å². The van der Waals surface area contributed by atoms with Gasteiger partial charge in [-0.3, -0.25) is 4.79 Å². The van der Waals surface area contributed by atoms with Crippen molar-refractivity contribution >= 4 is 27.5 Å². The fraction of sp³-hybridized carbons (Fsp3) is 0.273. The molecule has 1 heterocycles. The summed E-state index contributed by atoms with van der Waals surface area (Å²) in [5.74, 6) is 0.569. The lowest BCUT2D eigenvalue weighted by atomic mass is 9.90. The van der Waals surface area contributed by atoms with Gasteiger partial charge in [0.1, 0.15) is 11.3 Å². The van der Waals surface area contributed by atoms with Gasteiger partial charge >= 0.3 is 0 Å². The van der Waals surface area contributed by atoms with Gasteiger partial charge in [-0.05, 0) is 61.1 Å². The monoisotopic (exact) mass is 378 g/mol. The summed E-state index contributed by atoms with van der Waals surface area (Å²) < 4.78 is 8.53. The highest BCUT2D eigenvalue weighted by Crippen LogP contribution is 2.27. The van der Waals surface area contributed by atoms with Crippen molar-refractivity contribution < 1.29 is 9.53 Å². The molecular weight excluding hydrogens is 356 g/mol. The number of aryl methyl sites for hydroxylation is 2. The molecule has 1 amide bonds. The zero-order chi connectivity index (χ0) is 18.8. The molecule has 4 rings (SSSR count). The summed E-state index contributed by atoms with van der Waals surface area (Å²) in [5.41, 5.74) is 4.26. The quantitative estimate of drug-likeness (QED) is 0.627. The number of aromatic nitrogens is 1. The van der Waals surface area contributed by atoms with Crippen LogP contribution in [0.2, 0.25) is 0 Å². The highest BCUT2D eigenvalue weighted by molar-refractivity contribution is 7.16. The van der Waals surface area contributed by atoms with Gasteiger partial charge in [0.25, 0.3) is 5.91 Å². The number of nitrogens with zero attached hydrogens (tertiary/aromatic N) is 2. The van der Waals surface area contributed by atoms with Crippen molar-refractivity contribution in [3.8, 4) is 5.75 Å². The zero-order valence-electron chi connectivity index (χ0n) is 15.4. The Morgan fingerprint density at radius 1 is 1.26 bits per heavy atom. The molecule has 138 valence electrons. The first kappa shape index (κ1) is 17.7. The van der Waals surface area contributed by atoms with Crippen LogP contribution in [0.15, 0.2) is 54.0 Å². The first-order valence-corrected chi connectivity index (χ1v) is 10.0. The van der Waals surface area contributed by atoms with Gasteiger partial charge in [0.15, 0.2) is 4.80 Å². The van der Waals surface area contributed by atoms with E-state index in [0.717, 1.165) is 28.8 Å². The van der Waals surface area contributed by atoms with E-state index in [1.165, 1.54) is 35.3 Å². The summed E-state index contributed by atoms with van der Waals surface area (Å²) in [6.07, 6.45) is 6.39. The minimum atomic E-state index is -0.202. The minimum absolute atomic E-state index is 0.202. The van der Waals surface area contributed by atoms with Gasteiger partial charge in [-0.1, -0.05) is 29.5 Å². The van der Waals surface area contributed by atoms with Crippen molar-refractivity contribution in [3.05, 3.63) is 70.5 Å². The van der Waals surface area contributed by atoms with Crippen molar-refractivity contribution in [2.75, 3.05) is 7.11 Å². The van der Waals surface area contributed by atoms with Crippen molar-refractivity contribution in [1.29, 1.82) is 0 Å². The lowest BCUT2D eigenvalue weighted by Gasteiger charge is -2.15. The van der Waals surface area contributed by atoms with Crippen molar-refractivity contribution in [3.63, 3.8) is 0 Å².